The van der Waals surface area contributed by atoms with Crippen LogP contribution in [0.1, 0.15) is 11.5 Å². The van der Waals surface area contributed by atoms with E-state index in [-0.39, 0.29) is 17.6 Å². The Morgan fingerprint density at radius 2 is 1.97 bits per heavy atom. The Labute approximate surface area is 192 Å². The first kappa shape index (κ1) is 20.9. The smallest absolute Gasteiger partial charge is 0.283 e. The minimum absolute atomic E-state index is 0.0837. The molecule has 0 N–H and O–H groups in total. The molecule has 11 heteroatoms. The lowest BCUT2D eigenvalue weighted by Crippen LogP contribution is -2.21. The molecule has 0 unspecified atom stereocenters. The fourth-order valence-electron chi connectivity index (χ4n) is 3.37. The third-order valence-electron chi connectivity index (χ3n) is 5.08. The van der Waals surface area contributed by atoms with Crippen LogP contribution in [0.15, 0.2) is 69.1 Å². The van der Waals surface area contributed by atoms with Crippen molar-refractivity contribution in [1.29, 1.82) is 0 Å². The molecule has 3 heterocycles. The summed E-state index contributed by atoms with van der Waals surface area (Å²) in [7, 11) is 1.61. The number of thioether (sulfide) groups is 1. The molecule has 5 rings (SSSR count). The van der Waals surface area contributed by atoms with Gasteiger partial charge in [-0.2, -0.15) is 4.98 Å². The number of methoxy groups -OCH3 is 1. The quantitative estimate of drug-likeness (QED) is 0.338. The molecule has 0 aliphatic rings. The summed E-state index contributed by atoms with van der Waals surface area (Å²) in [5.74, 6) is 1.50. The molecule has 33 heavy (non-hydrogen) atoms. The maximum atomic E-state index is 12.9. The molecule has 2 aromatic carbocycles. The summed E-state index contributed by atoms with van der Waals surface area (Å²) >= 11 is 1.66. The molecule has 10 nitrogen and oxygen atoms in total. The van der Waals surface area contributed by atoms with Crippen LogP contribution < -0.4 is 10.3 Å². The number of hydrogen-bond acceptors (Lipinski definition) is 9. The Morgan fingerprint density at radius 1 is 1.12 bits per heavy atom. The van der Waals surface area contributed by atoms with Crippen molar-refractivity contribution in [2.45, 2.75) is 18.0 Å². The molecule has 0 aliphatic carbocycles. The number of fused-ring (bicyclic) bond motifs is 1. The maximum Gasteiger partial charge on any atom is 0.283 e. The monoisotopic (exact) mass is 461 g/mol. The van der Waals surface area contributed by atoms with Gasteiger partial charge in [-0.3, -0.25) is 9.36 Å². The fraction of sp³-hybridized carbons (Fsp3) is 0.182. The molecular formula is C22H19N7O3S. The van der Waals surface area contributed by atoms with Gasteiger partial charge in [0.1, 0.15) is 18.6 Å². The second-order valence-corrected chi connectivity index (χ2v) is 8.07. The van der Waals surface area contributed by atoms with Crippen LogP contribution in [0.4, 0.5) is 0 Å². The van der Waals surface area contributed by atoms with Gasteiger partial charge in [0.2, 0.25) is 11.7 Å². The summed E-state index contributed by atoms with van der Waals surface area (Å²) in [6, 6.07) is 15.4. The molecule has 3 aromatic heterocycles. The van der Waals surface area contributed by atoms with Crippen LogP contribution in [0, 0.1) is 0 Å². The van der Waals surface area contributed by atoms with Gasteiger partial charge in [0.25, 0.3) is 5.56 Å². The predicted molar refractivity (Wildman–Crippen MR) is 122 cm³/mol. The van der Waals surface area contributed by atoms with Gasteiger partial charge in [-0.15, -0.1) is 16.9 Å². The molecular weight excluding hydrogens is 442 g/mol. The van der Waals surface area contributed by atoms with Crippen molar-refractivity contribution in [2.24, 2.45) is 0 Å². The number of benzene rings is 2. The molecule has 166 valence electrons. The SMILES string of the molecule is COc1cccc(Cn2nnc3c(=O)n(Cc4nc(-c5ccc(SC)cc5)no4)cnc32)c1. The van der Waals surface area contributed by atoms with Crippen molar-refractivity contribution in [3.05, 3.63) is 76.7 Å². The number of aromatic nitrogens is 7. The summed E-state index contributed by atoms with van der Waals surface area (Å²) in [6.07, 6.45) is 3.45. The van der Waals surface area contributed by atoms with Crippen LogP contribution in [0.3, 0.4) is 0 Å². The van der Waals surface area contributed by atoms with E-state index in [9.17, 15) is 4.79 Å². The summed E-state index contributed by atoms with van der Waals surface area (Å²) in [4.78, 5) is 22.9. The van der Waals surface area contributed by atoms with Crippen LogP contribution in [-0.2, 0) is 13.1 Å². The molecule has 0 radical (unpaired) electrons. The van der Waals surface area contributed by atoms with Crippen LogP contribution in [-0.4, -0.2) is 48.1 Å². The van der Waals surface area contributed by atoms with Crippen LogP contribution >= 0.6 is 11.8 Å². The Hall–Kier alpha value is -3.99. The molecule has 0 bridgehead atoms. The van der Waals surface area contributed by atoms with Gasteiger partial charge < -0.3 is 9.26 Å². The van der Waals surface area contributed by atoms with E-state index in [2.05, 4.69) is 25.4 Å². The lowest BCUT2D eigenvalue weighted by Gasteiger charge is -2.05. The number of rotatable bonds is 7. The standard InChI is InChI=1S/C22H19N7O3S/c1-31-16-5-3-4-14(10-16)11-29-21-19(25-27-29)22(30)28(13-23-21)12-18-24-20(26-32-18)15-6-8-17(33-2)9-7-15/h3-10,13H,11-12H2,1-2H3. The van der Waals surface area contributed by atoms with Gasteiger partial charge in [0, 0.05) is 10.5 Å². The highest BCUT2D eigenvalue weighted by molar-refractivity contribution is 7.98. The van der Waals surface area contributed by atoms with Gasteiger partial charge in [-0.25, -0.2) is 9.67 Å². The summed E-state index contributed by atoms with van der Waals surface area (Å²) in [5, 5.41) is 12.2. The molecule has 0 fully saturated rings. The zero-order chi connectivity index (χ0) is 22.8. The topological polar surface area (TPSA) is 114 Å². The van der Waals surface area contributed by atoms with Gasteiger partial charge in [0.15, 0.2) is 11.2 Å². The third-order valence-corrected chi connectivity index (χ3v) is 5.82. The Bertz CT molecular complexity index is 1470. The van der Waals surface area contributed by atoms with E-state index in [1.165, 1.54) is 10.9 Å². The van der Waals surface area contributed by atoms with Crippen LogP contribution in [0.5, 0.6) is 5.75 Å². The minimum atomic E-state index is -0.332. The maximum absolute atomic E-state index is 12.9. The first-order chi connectivity index (χ1) is 16.1. The third kappa shape index (κ3) is 4.22. The summed E-state index contributed by atoms with van der Waals surface area (Å²) in [6.45, 7) is 0.493. The average molecular weight is 462 g/mol. The molecule has 0 amide bonds. The number of nitrogens with zero attached hydrogens (tertiary/aromatic N) is 7. The van der Waals surface area contributed by atoms with E-state index in [0.717, 1.165) is 21.8 Å². The van der Waals surface area contributed by atoms with E-state index in [1.54, 1.807) is 23.6 Å². The van der Waals surface area contributed by atoms with Crippen molar-refractivity contribution in [1.82, 2.24) is 34.7 Å². The summed E-state index contributed by atoms with van der Waals surface area (Å²) in [5.41, 5.74) is 2.04. The second-order valence-electron chi connectivity index (χ2n) is 7.19. The van der Waals surface area contributed by atoms with Gasteiger partial charge >= 0.3 is 0 Å². The summed E-state index contributed by atoms with van der Waals surface area (Å²) < 4.78 is 13.6. The van der Waals surface area contributed by atoms with E-state index >= 15 is 0 Å². The number of hydrogen-bond donors (Lipinski definition) is 0. The first-order valence-corrected chi connectivity index (χ1v) is 11.3. The van der Waals surface area contributed by atoms with Crippen LogP contribution in [0.25, 0.3) is 22.6 Å². The van der Waals surface area contributed by atoms with Crippen molar-refractivity contribution in [3.8, 4) is 17.1 Å². The van der Waals surface area contributed by atoms with Crippen molar-refractivity contribution in [3.63, 3.8) is 0 Å². The largest absolute Gasteiger partial charge is 0.497 e. The fourth-order valence-corrected chi connectivity index (χ4v) is 3.78. The molecule has 5 aromatic rings. The van der Waals surface area contributed by atoms with Gasteiger partial charge in [0.05, 0.1) is 13.7 Å². The highest BCUT2D eigenvalue weighted by Crippen LogP contribution is 2.21. The zero-order valence-electron chi connectivity index (χ0n) is 17.9. The Balaban J connectivity index is 1.38. The highest BCUT2D eigenvalue weighted by atomic mass is 32.2. The van der Waals surface area contributed by atoms with E-state index in [1.807, 2.05) is 54.8 Å². The average Bonchev–Trinajstić information content (AvgIpc) is 3.49. The molecule has 0 spiro atoms. The molecule has 0 aliphatic heterocycles. The van der Waals surface area contributed by atoms with Gasteiger partial charge in [-0.1, -0.05) is 22.5 Å². The van der Waals surface area contributed by atoms with Crippen molar-refractivity contribution >= 4 is 22.9 Å². The number of ether oxygens (including phenoxy) is 1. The normalized spacial score (nSPS) is 11.2. The molecule has 0 saturated carbocycles. The predicted octanol–water partition coefficient (Wildman–Crippen LogP) is 2.87. The van der Waals surface area contributed by atoms with E-state index < -0.39 is 0 Å². The molecule has 0 saturated heterocycles. The molecule has 0 atom stereocenters. The Morgan fingerprint density at radius 3 is 2.76 bits per heavy atom. The highest BCUT2D eigenvalue weighted by Gasteiger charge is 2.15. The Kier molecular flexibility index (Phi) is 5.61. The lowest BCUT2D eigenvalue weighted by atomic mass is 10.2. The lowest BCUT2D eigenvalue weighted by molar-refractivity contribution is 0.369. The van der Waals surface area contributed by atoms with E-state index in [4.69, 9.17) is 9.26 Å². The minimum Gasteiger partial charge on any atom is -0.497 e. The van der Waals surface area contributed by atoms with Crippen molar-refractivity contribution in [2.75, 3.05) is 13.4 Å². The first-order valence-electron chi connectivity index (χ1n) is 10.0. The van der Waals surface area contributed by atoms with Gasteiger partial charge in [-0.05, 0) is 48.2 Å². The van der Waals surface area contributed by atoms with E-state index in [0.29, 0.717) is 23.9 Å². The van der Waals surface area contributed by atoms with Crippen molar-refractivity contribution < 1.29 is 9.26 Å². The zero-order valence-corrected chi connectivity index (χ0v) is 18.7. The van der Waals surface area contributed by atoms with Crippen LogP contribution in [0.2, 0.25) is 0 Å². The second kappa shape index (κ2) is 8.87.